The number of nitrogens with one attached hydrogen (secondary N) is 6. The van der Waals surface area contributed by atoms with Crippen LogP contribution in [-0.2, 0) is 70.0 Å². The quantitative estimate of drug-likeness (QED) is 0.0310. The SMILES string of the molecule is CC.CC.CC.CC.CC.CC.CC.CC.CC.CC.CC.CNc1nc(Nc2ccccc2)ncc1C.Cc1cnc(=O)[nH]c1C.Cc1cnc(=O)[nH]c1N.Cc1cnc(Cl)nc1C.Cc1cnc(Nc2ccccc2)nc1C.Cc1cnc(Nc2ccccc2)nc1N.Nc1ccccc1.O=P(Cl)(Cl)Cl.[CH3-].[CH3-].[Y].[Y]. The molecule has 0 saturated carbocycles. The largest absolute Gasteiger partial charge is 0.399 e. The molecule has 6 aromatic heterocycles. The van der Waals surface area contributed by atoms with E-state index in [1.54, 1.807) is 31.7 Å². The number of nitrogens with zero attached hydrogens (tertiary/aromatic N) is 10. The summed E-state index contributed by atoms with van der Waals surface area (Å²) in [5.74, 6) is 3.49. The summed E-state index contributed by atoms with van der Waals surface area (Å²) in [7, 11) is 1.85. The van der Waals surface area contributed by atoms with Gasteiger partial charge < -0.3 is 58.3 Å². The summed E-state index contributed by atoms with van der Waals surface area (Å²) >= 11 is 19.3. The summed E-state index contributed by atoms with van der Waals surface area (Å²) in [5, 5.41) is 9.49. The van der Waals surface area contributed by atoms with E-state index in [-0.39, 0.29) is 86.0 Å². The minimum absolute atomic E-state index is 0. The van der Waals surface area contributed by atoms with Crippen molar-refractivity contribution >= 4 is 109 Å². The van der Waals surface area contributed by atoms with Gasteiger partial charge in [0.25, 0.3) is 0 Å². The first kappa shape index (κ1) is 133. The number of benzene rings is 4. The molecular weight excluding hydrogens is 1650 g/mol. The molecule has 0 atom stereocenters. The number of para-hydroxylation sites is 4. The number of nitrogens with two attached hydrogens (primary N) is 3. The van der Waals surface area contributed by atoms with E-state index in [1.807, 2.05) is 342 Å². The molecule has 0 amide bonds. The van der Waals surface area contributed by atoms with Gasteiger partial charge in [-0.25, -0.2) is 49.5 Å². The molecular formula is C82H140Cl4N19O3PY2-2. The van der Waals surface area contributed by atoms with E-state index >= 15 is 0 Å². The molecule has 0 aliphatic carbocycles. The molecule has 622 valence electrons. The maximum absolute atomic E-state index is 10.5. The third-order valence-corrected chi connectivity index (χ3v) is 11.0. The van der Waals surface area contributed by atoms with Crippen molar-refractivity contribution in [2.45, 2.75) is 215 Å². The van der Waals surface area contributed by atoms with Crippen molar-refractivity contribution < 1.29 is 70.0 Å². The van der Waals surface area contributed by atoms with Gasteiger partial charge in [-0.05, 0) is 173 Å². The van der Waals surface area contributed by atoms with Gasteiger partial charge in [-0.2, -0.15) is 9.97 Å². The molecule has 0 spiro atoms. The number of aryl methyl sites for hydroxylation is 9. The van der Waals surface area contributed by atoms with E-state index in [1.165, 1.54) is 6.20 Å². The topological polar surface area (TPSA) is 338 Å². The van der Waals surface area contributed by atoms with Crippen LogP contribution in [0.2, 0.25) is 5.28 Å². The number of anilines is 10. The summed E-state index contributed by atoms with van der Waals surface area (Å²) in [5.41, 5.74) is 28.1. The molecule has 0 unspecified atom stereocenters. The van der Waals surface area contributed by atoms with Crippen LogP contribution in [0.5, 0.6) is 0 Å². The molecule has 6 heterocycles. The van der Waals surface area contributed by atoms with E-state index in [0.717, 1.165) is 79.0 Å². The number of hydrogen-bond donors (Lipinski definition) is 9. The summed E-state index contributed by atoms with van der Waals surface area (Å²) in [6.45, 7) is 61.2. The Morgan fingerprint density at radius 2 is 0.640 bits per heavy atom. The third kappa shape index (κ3) is 76.9. The standard InChI is InChI=1S/C12H14N4.C12H13N3.C11H12N4.C6H7ClN2.C6H8N2O.C6H7N.C5H7N3O.11C2H6.2CH3.Cl3OP.2Y/c1-9-8-14-12(16-11(9)13-2)15-10-6-4-3-5-7-10;1-9-8-13-12(14-10(9)2)15-11-6-4-3-5-7-11;1-8-7-13-11(15-10(8)12)14-9-5-3-2-4-6-9;1-4-3-8-6(7)9-5(4)2;1-4-3-7-6(9)8-5(4)2;7-6-4-2-1-3-5-6;1-3-2-7-5(9)8-4(3)6;11*1-2;;;1-5(2,3)4;;/h3-8H,1-2H3,(H2,13,14,15,16);3-8H,1-2H3,(H,13,14,15);2-7H,1H3,(H3,12,13,14,15);3H,1-2H3;3H,1-2H3,(H,7,8,9);1-5H,7H2;2H,1H3,(H3,6,7,8,9);11*1-2H3;2*1H3;;;/q;;;;;;;;;;;;;;;;;;2*-1;;;. The molecule has 10 rings (SSSR count). The molecule has 10 aromatic rings. The summed E-state index contributed by atoms with van der Waals surface area (Å²) in [4.78, 5) is 65.9. The van der Waals surface area contributed by atoms with Crippen molar-refractivity contribution in [3.8, 4) is 0 Å². The van der Waals surface area contributed by atoms with Gasteiger partial charge in [0.15, 0.2) is 0 Å². The fourth-order valence-corrected chi connectivity index (χ4v) is 5.95. The summed E-state index contributed by atoms with van der Waals surface area (Å²) in [6, 6.07) is 39.0. The van der Waals surface area contributed by atoms with Gasteiger partial charge in [0.05, 0.1) is 0 Å². The molecule has 0 saturated heterocycles. The summed E-state index contributed by atoms with van der Waals surface area (Å²) < 4.78 is 9.51. The molecule has 2 radical (unpaired) electrons. The monoisotopic (exact) mass is 1790 g/mol. The van der Waals surface area contributed by atoms with Crippen molar-refractivity contribution in [2.24, 2.45) is 0 Å². The Morgan fingerprint density at radius 3 is 0.910 bits per heavy atom. The first-order valence-electron chi connectivity index (χ1n) is 36.5. The molecule has 0 fully saturated rings. The average Bonchev–Trinajstić information content (AvgIpc) is 0.878. The van der Waals surface area contributed by atoms with Gasteiger partial charge in [-0.15, -0.1) is 0 Å². The van der Waals surface area contributed by atoms with Crippen LogP contribution < -0.4 is 49.8 Å². The average molecular weight is 1790 g/mol. The number of aromatic nitrogens is 12. The fourth-order valence-electron chi connectivity index (χ4n) is 5.78. The normalized spacial score (nSPS) is 8.11. The van der Waals surface area contributed by atoms with Gasteiger partial charge in [0.2, 0.25) is 23.1 Å². The van der Waals surface area contributed by atoms with Crippen LogP contribution in [0, 0.1) is 77.2 Å². The van der Waals surface area contributed by atoms with E-state index in [9.17, 15) is 14.2 Å². The number of aromatic amines is 2. The van der Waals surface area contributed by atoms with Crippen LogP contribution in [-0.4, -0.2) is 66.9 Å². The van der Waals surface area contributed by atoms with E-state index in [0.29, 0.717) is 34.8 Å². The second kappa shape index (κ2) is 93.8. The van der Waals surface area contributed by atoms with Crippen LogP contribution in [0.1, 0.15) is 203 Å². The molecule has 0 bridgehead atoms. The van der Waals surface area contributed by atoms with Crippen LogP contribution in [0.4, 0.5) is 58.0 Å². The number of H-pyrrole nitrogens is 2. The number of nitrogen functional groups attached to an aromatic ring is 3. The van der Waals surface area contributed by atoms with Crippen LogP contribution in [0.25, 0.3) is 0 Å². The van der Waals surface area contributed by atoms with Crippen LogP contribution in [0.15, 0.2) is 168 Å². The van der Waals surface area contributed by atoms with Gasteiger partial charge in [-0.1, -0.05) is 225 Å². The number of hydrogen-bond acceptors (Lipinski definition) is 20. The molecule has 4 aromatic carbocycles. The zero-order chi connectivity index (χ0) is 84.9. The first-order chi connectivity index (χ1) is 51.3. The van der Waals surface area contributed by atoms with Gasteiger partial charge in [0.1, 0.15) is 17.5 Å². The van der Waals surface area contributed by atoms with Crippen molar-refractivity contribution in [1.29, 1.82) is 0 Å². The Bertz CT molecular complexity index is 3630. The zero-order valence-electron chi connectivity index (χ0n) is 73.6. The van der Waals surface area contributed by atoms with Gasteiger partial charge >= 0.3 is 16.6 Å². The van der Waals surface area contributed by atoms with Crippen molar-refractivity contribution in [1.82, 2.24) is 59.8 Å². The van der Waals surface area contributed by atoms with Crippen LogP contribution >= 0.6 is 50.5 Å². The minimum atomic E-state index is -3.22. The van der Waals surface area contributed by atoms with E-state index < -0.39 is 10.9 Å². The van der Waals surface area contributed by atoms with Gasteiger partial charge in [0, 0.05) is 166 Å². The molecule has 0 aliphatic rings. The Morgan fingerprint density at radius 1 is 0.360 bits per heavy atom. The molecule has 29 heteroatoms. The maximum Gasteiger partial charge on any atom is 0.346 e. The second-order valence-corrected chi connectivity index (χ2v) is 24.6. The van der Waals surface area contributed by atoms with Crippen molar-refractivity contribution in [3.05, 3.63) is 250 Å². The minimum Gasteiger partial charge on any atom is -0.399 e. The molecule has 22 nitrogen and oxygen atoms in total. The van der Waals surface area contributed by atoms with Crippen molar-refractivity contribution in [3.63, 3.8) is 0 Å². The zero-order valence-corrected chi connectivity index (χ0v) is 83.1. The van der Waals surface area contributed by atoms with Crippen molar-refractivity contribution in [2.75, 3.05) is 45.5 Å². The smallest absolute Gasteiger partial charge is 0.346 e. The molecule has 12 N–H and O–H groups in total. The Kier molecular flexibility index (Phi) is 113. The van der Waals surface area contributed by atoms with Gasteiger partial charge in [-0.3, -0.25) is 9.55 Å². The van der Waals surface area contributed by atoms with E-state index in [2.05, 4.69) is 115 Å². The third-order valence-electron chi connectivity index (χ3n) is 10.8. The molecule has 111 heavy (non-hydrogen) atoms. The molecule has 0 aliphatic heterocycles. The van der Waals surface area contributed by atoms with E-state index in [4.69, 9.17) is 28.8 Å². The predicted molar refractivity (Wildman–Crippen MR) is 487 cm³/mol. The Hall–Kier alpha value is -6.84. The first-order valence-corrected chi connectivity index (χ1v) is 41.3. The summed E-state index contributed by atoms with van der Waals surface area (Å²) in [6.07, 6.45) is 10.0. The maximum atomic E-state index is 10.5. The second-order valence-electron chi connectivity index (χ2n) is 17.7. The fraction of sp³-hybridized carbons (Fsp3) is 0.390. The Labute approximate surface area is 741 Å². The van der Waals surface area contributed by atoms with Crippen LogP contribution in [0.3, 0.4) is 0 Å². The predicted octanol–water partition coefficient (Wildman–Crippen LogP) is 25.6. The Balaban J connectivity index is -0.0000000876. The number of rotatable bonds is 7. The number of halogens is 4.